The lowest BCUT2D eigenvalue weighted by molar-refractivity contribution is 0.914. The second kappa shape index (κ2) is 2.62. The monoisotopic (exact) mass is 157 g/mol. The molecule has 1 radical (unpaired) electrons. The van der Waals surface area contributed by atoms with Gasteiger partial charge >= 0.3 is 0 Å². The summed E-state index contributed by atoms with van der Waals surface area (Å²) in [5.41, 5.74) is 8.75. The van der Waals surface area contributed by atoms with Crippen LogP contribution in [0, 0.1) is 17.4 Å². The van der Waals surface area contributed by atoms with Gasteiger partial charge < -0.3 is 5.73 Å². The van der Waals surface area contributed by atoms with E-state index in [-0.39, 0.29) is 0 Å². The zero-order valence-electron chi connectivity index (χ0n) is 6.67. The minimum Gasteiger partial charge on any atom is -0.320 e. The summed E-state index contributed by atoms with van der Waals surface area (Å²) in [6, 6.07) is 8.81. The lowest BCUT2D eigenvalue weighted by atomic mass is 10.0. The molecule has 12 heavy (non-hydrogen) atoms. The summed E-state index contributed by atoms with van der Waals surface area (Å²) >= 11 is 0. The summed E-state index contributed by atoms with van der Waals surface area (Å²) in [5, 5.41) is 8.79. The molecule has 1 aromatic carbocycles. The van der Waals surface area contributed by atoms with E-state index in [9.17, 15) is 0 Å². The molecule has 0 saturated carbocycles. The number of benzene rings is 1. The van der Waals surface area contributed by atoms with Crippen molar-refractivity contribution >= 4 is 0 Å². The Morgan fingerprint density at radius 2 is 2.17 bits per heavy atom. The molecule has 0 heterocycles. The Labute approximate surface area is 71.6 Å². The first-order valence-corrected chi connectivity index (χ1v) is 3.96. The highest BCUT2D eigenvalue weighted by molar-refractivity contribution is 5.51. The fourth-order valence-electron chi connectivity index (χ4n) is 1.66. The normalized spacial score (nSPS) is 15.7. The van der Waals surface area contributed by atoms with E-state index in [4.69, 9.17) is 11.0 Å². The number of nitriles is 1. The molecular weight excluding hydrogens is 148 g/mol. The zero-order chi connectivity index (χ0) is 8.55. The number of rotatable bonds is 0. The predicted molar refractivity (Wildman–Crippen MR) is 46.0 cm³/mol. The summed E-state index contributed by atoms with van der Waals surface area (Å²) in [5.74, 6) is 0. The molecule has 0 amide bonds. The van der Waals surface area contributed by atoms with Gasteiger partial charge in [0.05, 0.1) is 17.7 Å². The summed E-state index contributed by atoms with van der Waals surface area (Å²) < 4.78 is 0. The van der Waals surface area contributed by atoms with E-state index in [2.05, 4.69) is 6.07 Å². The molecule has 2 rings (SSSR count). The van der Waals surface area contributed by atoms with Crippen LogP contribution < -0.4 is 5.73 Å². The average Bonchev–Trinajstić information content (AvgIpc) is 2.48. The number of fused-ring (bicyclic) bond motifs is 1. The van der Waals surface area contributed by atoms with Crippen molar-refractivity contribution in [3.05, 3.63) is 40.9 Å². The molecule has 1 aromatic rings. The Morgan fingerprint density at radius 3 is 2.92 bits per heavy atom. The highest BCUT2D eigenvalue weighted by Crippen LogP contribution is 2.30. The molecule has 0 unspecified atom stereocenters. The van der Waals surface area contributed by atoms with E-state index in [1.54, 1.807) is 0 Å². The van der Waals surface area contributed by atoms with Crippen LogP contribution >= 0.6 is 0 Å². The van der Waals surface area contributed by atoms with Gasteiger partial charge in [-0.2, -0.15) is 5.26 Å². The van der Waals surface area contributed by atoms with Crippen LogP contribution in [0.2, 0.25) is 0 Å². The maximum Gasteiger partial charge on any atom is 0.0994 e. The molecule has 2 N–H and O–H groups in total. The van der Waals surface area contributed by atoms with Crippen molar-refractivity contribution in [2.45, 2.75) is 12.8 Å². The number of hydrogen-bond donors (Lipinski definition) is 1. The fraction of sp³-hybridized carbons (Fsp3) is 0.200. The van der Waals surface area contributed by atoms with E-state index in [1.807, 2.05) is 18.2 Å². The van der Waals surface area contributed by atoms with Gasteiger partial charge in [0.2, 0.25) is 0 Å². The van der Waals surface area contributed by atoms with Crippen molar-refractivity contribution in [1.82, 2.24) is 0 Å². The molecule has 0 fully saturated rings. The molecule has 1 aliphatic rings. The van der Waals surface area contributed by atoms with Gasteiger partial charge in [0.1, 0.15) is 0 Å². The van der Waals surface area contributed by atoms with Crippen molar-refractivity contribution in [3.8, 4) is 6.07 Å². The van der Waals surface area contributed by atoms with Gasteiger partial charge in [-0.15, -0.1) is 0 Å². The second-order valence-electron chi connectivity index (χ2n) is 2.97. The van der Waals surface area contributed by atoms with Gasteiger partial charge in [-0.05, 0) is 30.0 Å². The topological polar surface area (TPSA) is 49.8 Å². The highest BCUT2D eigenvalue weighted by atomic mass is 14.6. The molecule has 2 heteroatoms. The third-order valence-electron chi connectivity index (χ3n) is 2.29. The lowest BCUT2D eigenvalue weighted by Gasteiger charge is -2.02. The Bertz CT molecular complexity index is 349. The third kappa shape index (κ3) is 0.910. The first kappa shape index (κ1) is 7.33. The van der Waals surface area contributed by atoms with Gasteiger partial charge in [0.15, 0.2) is 0 Å². The van der Waals surface area contributed by atoms with E-state index < -0.39 is 0 Å². The Hall–Kier alpha value is -1.33. The first-order chi connectivity index (χ1) is 5.83. The Morgan fingerprint density at radius 1 is 1.33 bits per heavy atom. The molecule has 0 saturated heterocycles. The van der Waals surface area contributed by atoms with Crippen LogP contribution in [0.1, 0.15) is 23.1 Å². The van der Waals surface area contributed by atoms with Gasteiger partial charge in [-0.1, -0.05) is 12.1 Å². The van der Waals surface area contributed by atoms with E-state index in [0.717, 1.165) is 35.6 Å². The lowest BCUT2D eigenvalue weighted by Crippen LogP contribution is -2.06. The molecule has 1 aliphatic carbocycles. The maximum atomic E-state index is 8.79. The standard InChI is InChI=1S/C10H9N2/c11-6-7-2-1-3-9-8(7)4-5-10(9)12/h1-3H,4-5,12H2. The largest absolute Gasteiger partial charge is 0.320 e. The molecule has 0 spiro atoms. The number of hydrogen-bond acceptors (Lipinski definition) is 2. The van der Waals surface area contributed by atoms with Crippen LogP contribution in [0.3, 0.4) is 0 Å². The van der Waals surface area contributed by atoms with Crippen LogP contribution in [-0.4, -0.2) is 0 Å². The third-order valence-corrected chi connectivity index (χ3v) is 2.29. The second-order valence-corrected chi connectivity index (χ2v) is 2.97. The van der Waals surface area contributed by atoms with E-state index in [0.29, 0.717) is 0 Å². The minimum atomic E-state index is 0.771. The first-order valence-electron chi connectivity index (χ1n) is 3.96. The summed E-state index contributed by atoms with van der Waals surface area (Å²) in [4.78, 5) is 0. The van der Waals surface area contributed by atoms with Crippen molar-refractivity contribution in [3.63, 3.8) is 0 Å². The quantitative estimate of drug-likeness (QED) is 0.617. The maximum absolute atomic E-state index is 8.79. The molecule has 0 atom stereocenters. The molecular formula is C10H9N2. The SMILES string of the molecule is N#Cc1cccc2c1CC[C]2N. The van der Waals surface area contributed by atoms with Crippen molar-refractivity contribution < 1.29 is 0 Å². The average molecular weight is 157 g/mol. The fourth-order valence-corrected chi connectivity index (χ4v) is 1.66. The van der Waals surface area contributed by atoms with Gasteiger partial charge in [-0.3, -0.25) is 0 Å². The summed E-state index contributed by atoms with van der Waals surface area (Å²) in [7, 11) is 0. The smallest absolute Gasteiger partial charge is 0.0994 e. The Balaban J connectivity index is 2.60. The molecule has 59 valence electrons. The van der Waals surface area contributed by atoms with Crippen LogP contribution in [0.15, 0.2) is 18.2 Å². The Kier molecular flexibility index (Phi) is 1.60. The number of nitrogens with zero attached hydrogens (tertiary/aromatic N) is 1. The highest BCUT2D eigenvalue weighted by Gasteiger charge is 2.21. The van der Waals surface area contributed by atoms with Crippen LogP contribution in [0.5, 0.6) is 0 Å². The summed E-state index contributed by atoms with van der Waals surface area (Å²) in [6.45, 7) is 0. The molecule has 2 nitrogen and oxygen atoms in total. The van der Waals surface area contributed by atoms with Crippen LogP contribution in [0.25, 0.3) is 0 Å². The molecule has 0 bridgehead atoms. The van der Waals surface area contributed by atoms with Crippen molar-refractivity contribution in [2.24, 2.45) is 5.73 Å². The van der Waals surface area contributed by atoms with Crippen LogP contribution in [0.4, 0.5) is 0 Å². The summed E-state index contributed by atoms with van der Waals surface area (Å²) in [6.07, 6.45) is 1.82. The zero-order valence-corrected chi connectivity index (χ0v) is 6.67. The number of nitrogens with two attached hydrogens (primary N) is 1. The van der Waals surface area contributed by atoms with Gasteiger partial charge in [0.25, 0.3) is 0 Å². The molecule has 0 aliphatic heterocycles. The van der Waals surface area contributed by atoms with Crippen LogP contribution in [-0.2, 0) is 6.42 Å². The predicted octanol–water partition coefficient (Wildman–Crippen LogP) is 1.34. The van der Waals surface area contributed by atoms with E-state index >= 15 is 0 Å². The van der Waals surface area contributed by atoms with E-state index in [1.165, 1.54) is 0 Å². The van der Waals surface area contributed by atoms with Crippen molar-refractivity contribution in [2.75, 3.05) is 0 Å². The van der Waals surface area contributed by atoms with Crippen molar-refractivity contribution in [1.29, 1.82) is 5.26 Å². The minimum absolute atomic E-state index is 0.771. The van der Waals surface area contributed by atoms with Gasteiger partial charge in [-0.25, -0.2) is 0 Å². The van der Waals surface area contributed by atoms with Gasteiger partial charge in [0, 0.05) is 0 Å². The molecule has 0 aromatic heterocycles.